The third-order valence-electron chi connectivity index (χ3n) is 6.20. The number of hydrogen-bond donors (Lipinski definition) is 0. The van der Waals surface area contributed by atoms with Crippen LogP contribution < -0.4 is 0 Å². The van der Waals surface area contributed by atoms with Gasteiger partial charge in [0, 0.05) is 25.4 Å². The van der Waals surface area contributed by atoms with E-state index in [9.17, 15) is 8.42 Å². The predicted octanol–water partition coefficient (Wildman–Crippen LogP) is 2.85. The SMILES string of the molecule is O=S(=O)(c1ccc2c(c1)CCC2)N1CCC(OCCc2noc(C3CC3)n2)CC1. The fourth-order valence-electron chi connectivity index (χ4n) is 4.28. The summed E-state index contributed by atoms with van der Waals surface area (Å²) in [5.41, 5.74) is 2.48. The highest BCUT2D eigenvalue weighted by Gasteiger charge is 2.31. The molecule has 29 heavy (non-hydrogen) atoms. The number of hydrogen-bond acceptors (Lipinski definition) is 6. The topological polar surface area (TPSA) is 85.5 Å². The van der Waals surface area contributed by atoms with Crippen molar-refractivity contribution in [3.8, 4) is 0 Å². The van der Waals surface area contributed by atoms with Gasteiger partial charge in [-0.25, -0.2) is 8.42 Å². The summed E-state index contributed by atoms with van der Waals surface area (Å²) in [4.78, 5) is 4.84. The van der Waals surface area contributed by atoms with Crippen LogP contribution in [0, 0.1) is 0 Å². The summed E-state index contributed by atoms with van der Waals surface area (Å²) in [6.45, 7) is 1.53. The van der Waals surface area contributed by atoms with E-state index in [-0.39, 0.29) is 6.10 Å². The lowest BCUT2D eigenvalue weighted by atomic mass is 10.1. The van der Waals surface area contributed by atoms with Crippen molar-refractivity contribution in [1.29, 1.82) is 0 Å². The van der Waals surface area contributed by atoms with Crippen molar-refractivity contribution in [2.75, 3.05) is 19.7 Å². The van der Waals surface area contributed by atoms with Gasteiger partial charge < -0.3 is 9.26 Å². The first-order chi connectivity index (χ1) is 14.1. The quantitative estimate of drug-likeness (QED) is 0.689. The second-order valence-electron chi connectivity index (χ2n) is 8.33. The van der Waals surface area contributed by atoms with Crippen LogP contribution in [0.15, 0.2) is 27.6 Å². The molecule has 1 aliphatic heterocycles. The average molecular weight is 418 g/mol. The molecule has 8 heteroatoms. The molecule has 2 heterocycles. The lowest BCUT2D eigenvalue weighted by Crippen LogP contribution is -2.41. The first-order valence-electron chi connectivity index (χ1n) is 10.7. The highest BCUT2D eigenvalue weighted by molar-refractivity contribution is 7.89. The molecule has 1 saturated carbocycles. The van der Waals surface area contributed by atoms with Crippen molar-refractivity contribution >= 4 is 10.0 Å². The standard InChI is InChI=1S/C21H27N3O4S/c25-29(26,19-7-6-15-2-1-3-17(15)14-19)24-11-8-18(9-12-24)27-13-10-20-22-21(28-23-20)16-4-5-16/h6-7,14,16,18H,1-5,8-13H2. The minimum Gasteiger partial charge on any atom is -0.378 e. The minimum absolute atomic E-state index is 0.0799. The molecule has 0 unspecified atom stereocenters. The molecule has 0 amide bonds. The largest absolute Gasteiger partial charge is 0.378 e. The minimum atomic E-state index is -3.42. The zero-order valence-corrected chi connectivity index (χ0v) is 17.4. The van der Waals surface area contributed by atoms with Crippen molar-refractivity contribution < 1.29 is 17.7 Å². The molecule has 1 aromatic carbocycles. The van der Waals surface area contributed by atoms with Crippen LogP contribution >= 0.6 is 0 Å². The monoisotopic (exact) mass is 417 g/mol. The van der Waals surface area contributed by atoms with Crippen LogP contribution in [0.3, 0.4) is 0 Å². The van der Waals surface area contributed by atoms with E-state index < -0.39 is 10.0 Å². The molecule has 2 fully saturated rings. The van der Waals surface area contributed by atoms with Gasteiger partial charge in [0.2, 0.25) is 15.9 Å². The van der Waals surface area contributed by atoms with Crippen LogP contribution in [0.5, 0.6) is 0 Å². The Morgan fingerprint density at radius 2 is 1.90 bits per heavy atom. The molecule has 1 aromatic heterocycles. The number of nitrogens with zero attached hydrogens (tertiary/aromatic N) is 3. The summed E-state index contributed by atoms with van der Waals surface area (Å²) in [6, 6.07) is 5.63. The number of sulfonamides is 1. The van der Waals surface area contributed by atoms with E-state index in [1.165, 1.54) is 11.1 Å². The van der Waals surface area contributed by atoms with Crippen molar-refractivity contribution in [2.24, 2.45) is 0 Å². The van der Waals surface area contributed by atoms with Gasteiger partial charge in [-0.2, -0.15) is 9.29 Å². The molecule has 0 N–H and O–H groups in total. The zero-order chi connectivity index (χ0) is 19.8. The molecule has 2 aliphatic carbocycles. The fraction of sp³-hybridized carbons (Fsp3) is 0.619. The maximum Gasteiger partial charge on any atom is 0.243 e. The van der Waals surface area contributed by atoms with Crippen LogP contribution in [0.1, 0.15) is 60.9 Å². The van der Waals surface area contributed by atoms with Crippen LogP contribution in [0.2, 0.25) is 0 Å². The van der Waals surface area contributed by atoms with Crippen molar-refractivity contribution in [2.45, 2.75) is 68.3 Å². The van der Waals surface area contributed by atoms with E-state index in [0.29, 0.717) is 55.6 Å². The van der Waals surface area contributed by atoms with Crippen molar-refractivity contribution in [1.82, 2.24) is 14.4 Å². The molecule has 5 rings (SSSR count). The average Bonchev–Trinajstić information content (AvgIpc) is 3.29. The Kier molecular flexibility index (Phi) is 5.17. The summed E-state index contributed by atoms with van der Waals surface area (Å²) in [5.74, 6) is 1.92. The summed E-state index contributed by atoms with van der Waals surface area (Å²) in [7, 11) is -3.42. The second-order valence-corrected chi connectivity index (χ2v) is 10.3. The molecular formula is C21H27N3O4S. The maximum atomic E-state index is 13.0. The highest BCUT2D eigenvalue weighted by atomic mass is 32.2. The summed E-state index contributed by atoms with van der Waals surface area (Å²) in [6.07, 6.45) is 7.58. The summed E-state index contributed by atoms with van der Waals surface area (Å²) in [5, 5.41) is 4.01. The molecular weight excluding hydrogens is 390 g/mol. The molecule has 0 radical (unpaired) electrons. The van der Waals surface area contributed by atoms with Gasteiger partial charge in [-0.15, -0.1) is 0 Å². The molecule has 1 saturated heterocycles. The van der Waals surface area contributed by atoms with Gasteiger partial charge >= 0.3 is 0 Å². The van der Waals surface area contributed by atoms with Crippen LogP contribution in [0.25, 0.3) is 0 Å². The van der Waals surface area contributed by atoms with Crippen molar-refractivity contribution in [3.05, 3.63) is 41.0 Å². The van der Waals surface area contributed by atoms with Gasteiger partial charge in [-0.3, -0.25) is 0 Å². The maximum absolute atomic E-state index is 13.0. The lowest BCUT2D eigenvalue weighted by molar-refractivity contribution is 0.0222. The van der Waals surface area contributed by atoms with Gasteiger partial charge in [-0.05, 0) is 68.2 Å². The predicted molar refractivity (Wildman–Crippen MR) is 106 cm³/mol. The van der Waals surface area contributed by atoms with Gasteiger partial charge in [-0.1, -0.05) is 11.2 Å². The number of fused-ring (bicyclic) bond motifs is 1. The Morgan fingerprint density at radius 3 is 2.69 bits per heavy atom. The van der Waals surface area contributed by atoms with Gasteiger partial charge in [0.05, 0.1) is 17.6 Å². The molecule has 0 bridgehead atoms. The van der Waals surface area contributed by atoms with Gasteiger partial charge in [0.25, 0.3) is 0 Å². The summed E-state index contributed by atoms with van der Waals surface area (Å²) < 4.78 is 38.8. The third kappa shape index (κ3) is 4.11. The van der Waals surface area contributed by atoms with Crippen molar-refractivity contribution in [3.63, 3.8) is 0 Å². The Bertz CT molecular complexity index is 976. The van der Waals surface area contributed by atoms with Gasteiger partial charge in [0.15, 0.2) is 5.82 Å². The van der Waals surface area contributed by atoms with E-state index in [1.807, 2.05) is 12.1 Å². The molecule has 2 aromatic rings. The molecule has 0 atom stereocenters. The van der Waals surface area contributed by atoms with E-state index in [1.54, 1.807) is 10.4 Å². The Morgan fingerprint density at radius 1 is 1.10 bits per heavy atom. The second kappa shape index (κ2) is 7.81. The van der Waals surface area contributed by atoms with E-state index in [2.05, 4.69) is 10.1 Å². The van der Waals surface area contributed by atoms with E-state index >= 15 is 0 Å². The summed E-state index contributed by atoms with van der Waals surface area (Å²) >= 11 is 0. The number of benzene rings is 1. The van der Waals surface area contributed by atoms with Gasteiger partial charge in [0.1, 0.15) is 0 Å². The van der Waals surface area contributed by atoms with Crippen LogP contribution in [-0.4, -0.2) is 48.7 Å². The first-order valence-corrected chi connectivity index (χ1v) is 12.1. The molecule has 7 nitrogen and oxygen atoms in total. The smallest absolute Gasteiger partial charge is 0.243 e. The van der Waals surface area contributed by atoms with E-state index in [0.717, 1.165) is 38.0 Å². The number of rotatable bonds is 7. The number of aryl methyl sites for hydroxylation is 2. The number of ether oxygens (including phenoxy) is 1. The lowest BCUT2D eigenvalue weighted by Gasteiger charge is -2.31. The third-order valence-corrected chi connectivity index (χ3v) is 8.09. The Labute approximate surface area is 171 Å². The molecule has 3 aliphatic rings. The normalized spacial score (nSPS) is 20.8. The van der Waals surface area contributed by atoms with Crippen LogP contribution in [-0.2, 0) is 34.0 Å². The number of piperidine rings is 1. The first kappa shape index (κ1) is 19.2. The highest BCUT2D eigenvalue weighted by Crippen LogP contribution is 2.38. The molecule has 156 valence electrons. The van der Waals surface area contributed by atoms with Crippen LogP contribution in [0.4, 0.5) is 0 Å². The fourth-order valence-corrected chi connectivity index (χ4v) is 5.80. The van der Waals surface area contributed by atoms with E-state index in [4.69, 9.17) is 9.26 Å². The zero-order valence-electron chi connectivity index (χ0n) is 16.5. The Balaban J connectivity index is 1.12. The molecule has 0 spiro atoms. The number of aromatic nitrogens is 2. The Hall–Kier alpha value is -1.77.